The molecule has 7 nitrogen and oxygen atoms in total. The van der Waals surface area contributed by atoms with E-state index in [0.717, 1.165) is 0 Å². The zero-order valence-corrected chi connectivity index (χ0v) is 12.6. The number of carbonyl (C=O) groups is 1. The molecule has 1 aromatic rings. The Kier molecular flexibility index (Phi) is 5.39. The van der Waals surface area contributed by atoms with Crippen molar-refractivity contribution in [1.82, 2.24) is 9.88 Å². The van der Waals surface area contributed by atoms with E-state index in [2.05, 4.69) is 9.88 Å². The summed E-state index contributed by atoms with van der Waals surface area (Å²) in [6.45, 7) is 3.02. The molecule has 0 aliphatic heterocycles. The van der Waals surface area contributed by atoms with E-state index in [1.54, 1.807) is 0 Å². The van der Waals surface area contributed by atoms with Crippen LogP contribution in [0.15, 0.2) is 9.42 Å². The van der Waals surface area contributed by atoms with Gasteiger partial charge in [-0.2, -0.15) is 16.5 Å². The SMILES string of the molecule is CSCC[C@H](NS(=O)(=O)c1c(C)noc1C)C(N)=O. The summed E-state index contributed by atoms with van der Waals surface area (Å²) in [5.41, 5.74) is 5.45. The Bertz CT molecular complexity index is 534. The number of aryl methyl sites for hydroxylation is 2. The molecule has 0 saturated heterocycles. The lowest BCUT2D eigenvalue weighted by molar-refractivity contribution is -0.119. The molecule has 3 N–H and O–H groups in total. The van der Waals surface area contributed by atoms with Crippen molar-refractivity contribution >= 4 is 27.7 Å². The van der Waals surface area contributed by atoms with Crippen LogP contribution < -0.4 is 10.5 Å². The fourth-order valence-corrected chi connectivity index (χ4v) is 3.64. The molecule has 0 aliphatic rings. The van der Waals surface area contributed by atoms with Gasteiger partial charge in [0.15, 0.2) is 5.76 Å². The highest BCUT2D eigenvalue weighted by molar-refractivity contribution is 7.98. The van der Waals surface area contributed by atoms with Gasteiger partial charge in [0, 0.05) is 0 Å². The van der Waals surface area contributed by atoms with Gasteiger partial charge in [0.2, 0.25) is 15.9 Å². The van der Waals surface area contributed by atoms with Crippen molar-refractivity contribution < 1.29 is 17.7 Å². The summed E-state index contributed by atoms with van der Waals surface area (Å²) in [7, 11) is -3.87. The smallest absolute Gasteiger partial charge is 0.246 e. The lowest BCUT2D eigenvalue weighted by Crippen LogP contribution is -2.44. The summed E-state index contributed by atoms with van der Waals surface area (Å²) in [5.74, 6) is 0.0973. The second-order valence-electron chi connectivity index (χ2n) is 4.01. The highest BCUT2D eigenvalue weighted by Crippen LogP contribution is 2.19. The number of thioether (sulfide) groups is 1. The number of nitrogens with one attached hydrogen (secondary N) is 1. The zero-order chi connectivity index (χ0) is 14.6. The molecular weight excluding hydrogens is 290 g/mol. The molecular formula is C10H17N3O4S2. The van der Waals surface area contributed by atoms with Crippen LogP contribution in [0.25, 0.3) is 0 Å². The first-order valence-corrected chi connectivity index (χ1v) is 8.40. The number of carbonyl (C=O) groups excluding carboxylic acids is 1. The van der Waals surface area contributed by atoms with Crippen molar-refractivity contribution in [3.63, 3.8) is 0 Å². The van der Waals surface area contributed by atoms with E-state index in [1.807, 2.05) is 6.26 Å². The Morgan fingerprint density at radius 3 is 2.58 bits per heavy atom. The molecule has 0 fully saturated rings. The molecule has 1 atom stereocenters. The zero-order valence-electron chi connectivity index (χ0n) is 11.0. The van der Waals surface area contributed by atoms with E-state index in [-0.39, 0.29) is 16.3 Å². The Hall–Kier alpha value is -1.06. The Balaban J connectivity index is 2.98. The van der Waals surface area contributed by atoms with E-state index in [9.17, 15) is 13.2 Å². The Labute approximate surface area is 116 Å². The minimum absolute atomic E-state index is 0.0390. The van der Waals surface area contributed by atoms with Gasteiger partial charge in [0.1, 0.15) is 16.6 Å². The Morgan fingerprint density at radius 2 is 2.16 bits per heavy atom. The van der Waals surface area contributed by atoms with Crippen LogP contribution in [0.1, 0.15) is 17.9 Å². The number of nitrogens with two attached hydrogens (primary N) is 1. The summed E-state index contributed by atoms with van der Waals surface area (Å²) in [4.78, 5) is 11.2. The first kappa shape index (κ1) is 16.0. The third-order valence-electron chi connectivity index (χ3n) is 2.49. The molecule has 0 aliphatic carbocycles. The highest BCUT2D eigenvalue weighted by Gasteiger charge is 2.28. The van der Waals surface area contributed by atoms with E-state index >= 15 is 0 Å². The number of rotatable bonds is 7. The number of primary amides is 1. The van der Waals surface area contributed by atoms with Crippen molar-refractivity contribution in [2.45, 2.75) is 31.2 Å². The van der Waals surface area contributed by atoms with E-state index in [4.69, 9.17) is 10.3 Å². The molecule has 0 radical (unpaired) electrons. The maximum Gasteiger partial charge on any atom is 0.246 e. The summed E-state index contributed by atoms with van der Waals surface area (Å²) in [5, 5.41) is 3.58. The number of hydrogen-bond acceptors (Lipinski definition) is 6. The minimum Gasteiger partial charge on any atom is -0.368 e. The maximum absolute atomic E-state index is 12.2. The van der Waals surface area contributed by atoms with Crippen LogP contribution >= 0.6 is 11.8 Å². The number of hydrogen-bond donors (Lipinski definition) is 2. The van der Waals surface area contributed by atoms with Gasteiger partial charge in [0.25, 0.3) is 0 Å². The number of amides is 1. The van der Waals surface area contributed by atoms with Crippen LogP contribution in [0.2, 0.25) is 0 Å². The minimum atomic E-state index is -3.87. The number of aromatic nitrogens is 1. The van der Waals surface area contributed by atoms with Crippen molar-refractivity contribution in [2.24, 2.45) is 5.73 Å². The van der Waals surface area contributed by atoms with E-state index in [1.165, 1.54) is 25.6 Å². The standard InChI is InChI=1S/C10H17N3O4S2/c1-6-9(7(2)17-12-6)19(15,16)13-8(10(11)14)4-5-18-3/h8,13H,4-5H2,1-3H3,(H2,11,14)/t8-/m0/s1. The summed E-state index contributed by atoms with van der Waals surface area (Å²) < 4.78 is 31.5. The third kappa shape index (κ3) is 3.95. The van der Waals surface area contributed by atoms with Gasteiger partial charge in [-0.1, -0.05) is 5.16 Å². The van der Waals surface area contributed by atoms with Crippen LogP contribution in [-0.4, -0.2) is 37.5 Å². The summed E-state index contributed by atoms with van der Waals surface area (Å²) in [6, 6.07) is -0.939. The van der Waals surface area contributed by atoms with Gasteiger partial charge in [-0.05, 0) is 32.3 Å². The molecule has 0 aromatic carbocycles. The van der Waals surface area contributed by atoms with Crippen molar-refractivity contribution in [1.29, 1.82) is 0 Å². The quantitative estimate of drug-likeness (QED) is 0.742. The molecule has 0 saturated carbocycles. The average Bonchev–Trinajstić information content (AvgIpc) is 2.64. The molecule has 108 valence electrons. The molecule has 0 spiro atoms. The molecule has 0 unspecified atom stereocenters. The Morgan fingerprint density at radius 1 is 1.53 bits per heavy atom. The van der Waals surface area contributed by atoms with E-state index in [0.29, 0.717) is 12.2 Å². The van der Waals surface area contributed by atoms with Crippen molar-refractivity contribution in [2.75, 3.05) is 12.0 Å². The lowest BCUT2D eigenvalue weighted by Gasteiger charge is -2.14. The topological polar surface area (TPSA) is 115 Å². The molecule has 1 rings (SSSR count). The van der Waals surface area contributed by atoms with Gasteiger partial charge >= 0.3 is 0 Å². The number of sulfonamides is 1. The lowest BCUT2D eigenvalue weighted by atomic mass is 10.2. The van der Waals surface area contributed by atoms with Gasteiger partial charge in [-0.3, -0.25) is 4.79 Å². The van der Waals surface area contributed by atoms with Crippen LogP contribution in [0.5, 0.6) is 0 Å². The van der Waals surface area contributed by atoms with Crippen molar-refractivity contribution in [3.8, 4) is 0 Å². The second-order valence-corrected chi connectivity index (χ2v) is 6.65. The van der Waals surface area contributed by atoms with Crippen LogP contribution in [0, 0.1) is 13.8 Å². The predicted molar refractivity (Wildman–Crippen MR) is 72.3 cm³/mol. The van der Waals surface area contributed by atoms with Crippen molar-refractivity contribution in [3.05, 3.63) is 11.5 Å². The monoisotopic (exact) mass is 307 g/mol. The third-order valence-corrected chi connectivity index (χ3v) is 4.85. The second kappa shape index (κ2) is 6.40. The summed E-state index contributed by atoms with van der Waals surface area (Å²) in [6.07, 6.45) is 2.19. The molecule has 1 heterocycles. The largest absolute Gasteiger partial charge is 0.368 e. The van der Waals surface area contributed by atoms with Crippen LogP contribution in [0.3, 0.4) is 0 Å². The number of nitrogens with zero attached hydrogens (tertiary/aromatic N) is 1. The van der Waals surface area contributed by atoms with Gasteiger partial charge in [0.05, 0.1) is 0 Å². The highest BCUT2D eigenvalue weighted by atomic mass is 32.2. The molecule has 19 heavy (non-hydrogen) atoms. The van der Waals surface area contributed by atoms with Gasteiger partial charge in [-0.15, -0.1) is 0 Å². The fraction of sp³-hybridized carbons (Fsp3) is 0.600. The van der Waals surface area contributed by atoms with Gasteiger partial charge < -0.3 is 10.3 Å². The normalized spacial score (nSPS) is 13.4. The predicted octanol–water partition coefficient (Wildman–Crippen LogP) is 0.177. The molecule has 1 aromatic heterocycles. The molecule has 0 bridgehead atoms. The molecule has 9 heteroatoms. The summed E-state index contributed by atoms with van der Waals surface area (Å²) >= 11 is 1.50. The van der Waals surface area contributed by atoms with Crippen LogP contribution in [0.4, 0.5) is 0 Å². The first-order chi connectivity index (χ1) is 8.79. The van der Waals surface area contributed by atoms with Gasteiger partial charge in [-0.25, -0.2) is 8.42 Å². The fourth-order valence-electron chi connectivity index (χ4n) is 1.60. The first-order valence-electron chi connectivity index (χ1n) is 5.53. The maximum atomic E-state index is 12.2. The van der Waals surface area contributed by atoms with Crippen LogP contribution in [-0.2, 0) is 14.8 Å². The molecule has 1 amide bonds. The average molecular weight is 307 g/mol. The van der Waals surface area contributed by atoms with E-state index < -0.39 is 22.0 Å².